The molecule has 18 heavy (non-hydrogen) atoms. The lowest BCUT2D eigenvalue weighted by Crippen LogP contribution is -2.13. The molecule has 2 aromatic rings. The topological polar surface area (TPSA) is 88.0 Å². The number of aryl methyl sites for hydroxylation is 1. The van der Waals surface area contributed by atoms with Gasteiger partial charge in [-0.1, -0.05) is 13.3 Å². The third-order valence-electron chi connectivity index (χ3n) is 2.36. The van der Waals surface area contributed by atoms with Crippen LogP contribution in [0.4, 0.5) is 5.82 Å². The van der Waals surface area contributed by atoms with Gasteiger partial charge in [-0.15, -0.1) is 0 Å². The molecule has 6 nitrogen and oxygen atoms in total. The van der Waals surface area contributed by atoms with E-state index in [9.17, 15) is 9.59 Å². The molecule has 6 heteroatoms. The third-order valence-corrected chi connectivity index (χ3v) is 2.36. The first-order valence-electron chi connectivity index (χ1n) is 5.63. The molecule has 0 atom stereocenters. The van der Waals surface area contributed by atoms with Crippen molar-refractivity contribution < 1.29 is 9.21 Å². The number of nitrogens with zero attached hydrogens (tertiary/aromatic N) is 1. The van der Waals surface area contributed by atoms with E-state index in [-0.39, 0.29) is 11.5 Å². The Morgan fingerprint density at radius 2 is 2.33 bits per heavy atom. The van der Waals surface area contributed by atoms with Crippen molar-refractivity contribution in [2.24, 2.45) is 0 Å². The van der Waals surface area contributed by atoms with Crippen molar-refractivity contribution in [3.8, 4) is 0 Å². The zero-order chi connectivity index (χ0) is 13.0. The number of carbonyl (C=O) groups excluding carboxylic acids is 1. The fourth-order valence-electron chi connectivity index (χ4n) is 1.50. The lowest BCUT2D eigenvalue weighted by molar-refractivity contribution is 0.102. The van der Waals surface area contributed by atoms with E-state index in [0.29, 0.717) is 5.82 Å². The van der Waals surface area contributed by atoms with Crippen LogP contribution in [0.25, 0.3) is 0 Å². The molecular weight excluding hydrogens is 234 g/mol. The molecule has 0 saturated carbocycles. The highest BCUT2D eigenvalue weighted by Crippen LogP contribution is 2.09. The maximum atomic E-state index is 11.8. The number of amides is 1. The van der Waals surface area contributed by atoms with E-state index in [2.05, 4.69) is 26.9 Å². The van der Waals surface area contributed by atoms with Crippen molar-refractivity contribution in [2.75, 3.05) is 5.32 Å². The summed E-state index contributed by atoms with van der Waals surface area (Å²) in [4.78, 5) is 22.5. The number of H-pyrrole nitrogens is 1. The highest BCUT2D eigenvalue weighted by molar-refractivity contribution is 6.03. The van der Waals surface area contributed by atoms with Crippen LogP contribution in [0.1, 0.15) is 29.4 Å². The van der Waals surface area contributed by atoms with Crippen LogP contribution in [0.5, 0.6) is 0 Å². The summed E-state index contributed by atoms with van der Waals surface area (Å²) in [5, 5.41) is 9.42. The molecular formula is C12H13N3O3. The predicted molar refractivity (Wildman–Crippen MR) is 65.5 cm³/mol. The van der Waals surface area contributed by atoms with Gasteiger partial charge in [-0.2, -0.15) is 5.10 Å². The van der Waals surface area contributed by atoms with Gasteiger partial charge in [0.25, 0.3) is 5.91 Å². The van der Waals surface area contributed by atoms with Gasteiger partial charge in [-0.3, -0.25) is 9.89 Å². The summed E-state index contributed by atoms with van der Waals surface area (Å²) in [5.41, 5.74) is 0.749. The summed E-state index contributed by atoms with van der Waals surface area (Å²) in [6, 6.07) is 4.38. The fourth-order valence-corrected chi connectivity index (χ4v) is 1.50. The Hall–Kier alpha value is -2.37. The van der Waals surface area contributed by atoms with Crippen LogP contribution in [0, 0.1) is 0 Å². The monoisotopic (exact) mass is 247 g/mol. The molecule has 0 aromatic carbocycles. The molecule has 0 fully saturated rings. The van der Waals surface area contributed by atoms with E-state index in [1.165, 1.54) is 12.1 Å². The van der Waals surface area contributed by atoms with Gasteiger partial charge in [0.05, 0.1) is 5.56 Å². The van der Waals surface area contributed by atoms with Gasteiger partial charge in [-0.05, 0) is 12.5 Å². The molecule has 2 heterocycles. The summed E-state index contributed by atoms with van der Waals surface area (Å²) in [6.07, 6.45) is 3.00. The third kappa shape index (κ3) is 2.85. The quantitative estimate of drug-likeness (QED) is 0.858. The Morgan fingerprint density at radius 1 is 1.50 bits per heavy atom. The molecule has 0 spiro atoms. The number of hydrogen-bond donors (Lipinski definition) is 2. The normalized spacial score (nSPS) is 10.3. The Bertz CT molecular complexity index is 580. The highest BCUT2D eigenvalue weighted by atomic mass is 16.4. The average Bonchev–Trinajstić information content (AvgIpc) is 2.78. The van der Waals surface area contributed by atoms with Gasteiger partial charge in [0.15, 0.2) is 5.82 Å². The predicted octanol–water partition coefficient (Wildman–Crippen LogP) is 1.57. The maximum absolute atomic E-state index is 11.8. The van der Waals surface area contributed by atoms with Crippen molar-refractivity contribution in [1.29, 1.82) is 0 Å². The summed E-state index contributed by atoms with van der Waals surface area (Å²) in [7, 11) is 0. The zero-order valence-corrected chi connectivity index (χ0v) is 9.90. The van der Waals surface area contributed by atoms with E-state index in [1.807, 2.05) is 0 Å². The number of rotatable bonds is 4. The van der Waals surface area contributed by atoms with Gasteiger partial charge in [0, 0.05) is 17.8 Å². The number of hydrogen-bond acceptors (Lipinski definition) is 4. The molecule has 0 saturated heterocycles. The van der Waals surface area contributed by atoms with E-state index in [0.717, 1.165) is 24.8 Å². The van der Waals surface area contributed by atoms with Crippen molar-refractivity contribution in [1.82, 2.24) is 10.2 Å². The molecule has 1 amide bonds. The van der Waals surface area contributed by atoms with Crippen molar-refractivity contribution in [3.05, 3.63) is 46.1 Å². The minimum absolute atomic E-state index is 0.273. The minimum atomic E-state index is -0.489. The van der Waals surface area contributed by atoms with Crippen molar-refractivity contribution in [3.63, 3.8) is 0 Å². The van der Waals surface area contributed by atoms with Gasteiger partial charge < -0.3 is 9.73 Å². The molecule has 0 aliphatic carbocycles. The first kappa shape index (κ1) is 12.1. The Morgan fingerprint density at radius 3 is 3.00 bits per heavy atom. The van der Waals surface area contributed by atoms with E-state index in [1.54, 1.807) is 6.07 Å². The smallest absolute Gasteiger partial charge is 0.335 e. The minimum Gasteiger partial charge on any atom is -0.430 e. The van der Waals surface area contributed by atoms with Crippen LogP contribution in [0.3, 0.4) is 0 Å². The number of aromatic nitrogens is 2. The van der Waals surface area contributed by atoms with Crippen LogP contribution in [-0.4, -0.2) is 16.1 Å². The number of nitrogens with one attached hydrogen (secondary N) is 2. The van der Waals surface area contributed by atoms with Gasteiger partial charge in [-0.25, -0.2) is 4.79 Å². The van der Waals surface area contributed by atoms with E-state index < -0.39 is 5.63 Å². The highest BCUT2D eigenvalue weighted by Gasteiger charge is 2.09. The standard InChI is InChI=1S/C12H13N3O3/c1-2-3-9-6-10(15-14-9)13-12(17)8-4-5-11(16)18-7-8/h4-7H,2-3H2,1H3,(H2,13,14,15,17). The lowest BCUT2D eigenvalue weighted by Gasteiger charge is -1.99. The fraction of sp³-hybridized carbons (Fsp3) is 0.250. The Kier molecular flexibility index (Phi) is 3.57. The first-order chi connectivity index (χ1) is 8.69. The molecule has 0 aliphatic rings. The zero-order valence-electron chi connectivity index (χ0n) is 9.90. The molecule has 0 unspecified atom stereocenters. The Balaban J connectivity index is 2.06. The second kappa shape index (κ2) is 5.31. The van der Waals surface area contributed by atoms with Crippen LogP contribution in [0.2, 0.25) is 0 Å². The molecule has 2 N–H and O–H groups in total. The van der Waals surface area contributed by atoms with Crippen molar-refractivity contribution >= 4 is 11.7 Å². The maximum Gasteiger partial charge on any atom is 0.335 e. The largest absolute Gasteiger partial charge is 0.430 e. The van der Waals surface area contributed by atoms with Gasteiger partial charge >= 0.3 is 5.63 Å². The van der Waals surface area contributed by atoms with E-state index in [4.69, 9.17) is 0 Å². The molecule has 94 valence electrons. The van der Waals surface area contributed by atoms with Gasteiger partial charge in [0.2, 0.25) is 0 Å². The molecule has 0 radical (unpaired) electrons. The number of aromatic amines is 1. The average molecular weight is 247 g/mol. The molecule has 0 bridgehead atoms. The molecule has 2 aromatic heterocycles. The van der Waals surface area contributed by atoms with Crippen LogP contribution >= 0.6 is 0 Å². The summed E-state index contributed by atoms with van der Waals surface area (Å²) in [6.45, 7) is 2.06. The summed E-state index contributed by atoms with van der Waals surface area (Å²) < 4.78 is 4.62. The number of anilines is 1. The number of carbonyl (C=O) groups is 1. The Labute approximate surface area is 103 Å². The summed E-state index contributed by atoms with van der Waals surface area (Å²) >= 11 is 0. The van der Waals surface area contributed by atoms with Gasteiger partial charge in [0.1, 0.15) is 6.26 Å². The van der Waals surface area contributed by atoms with Crippen LogP contribution in [-0.2, 0) is 6.42 Å². The van der Waals surface area contributed by atoms with E-state index >= 15 is 0 Å². The van der Waals surface area contributed by atoms with Crippen LogP contribution < -0.4 is 10.9 Å². The van der Waals surface area contributed by atoms with Crippen molar-refractivity contribution in [2.45, 2.75) is 19.8 Å². The van der Waals surface area contributed by atoms with Crippen LogP contribution in [0.15, 0.2) is 33.7 Å². The molecule has 2 rings (SSSR count). The SMILES string of the molecule is CCCc1cc(NC(=O)c2ccc(=O)oc2)n[nH]1. The first-order valence-corrected chi connectivity index (χ1v) is 5.63. The summed E-state index contributed by atoms with van der Waals surface area (Å²) in [5.74, 6) is 0.0861. The second-order valence-electron chi connectivity index (χ2n) is 3.83. The molecule has 0 aliphatic heterocycles. The lowest BCUT2D eigenvalue weighted by atomic mass is 10.2. The second-order valence-corrected chi connectivity index (χ2v) is 3.83.